The molecule has 1 fully saturated rings. The molecule has 110 valence electrons. The number of aliphatic imine (C=N–C) groups is 1. The summed E-state index contributed by atoms with van der Waals surface area (Å²) in [6.45, 7) is 4.02. The van der Waals surface area contributed by atoms with Crippen molar-refractivity contribution in [3.63, 3.8) is 0 Å². The van der Waals surface area contributed by atoms with Gasteiger partial charge in [0.25, 0.3) is 0 Å². The summed E-state index contributed by atoms with van der Waals surface area (Å²) in [6.07, 6.45) is 4.99. The average molecular weight is 276 g/mol. The fraction of sp³-hybridized carbons (Fsp3) is 0.533. The van der Waals surface area contributed by atoms with Crippen molar-refractivity contribution in [3.05, 3.63) is 24.3 Å². The molecule has 0 radical (unpaired) electrons. The molecule has 0 bridgehead atoms. The highest BCUT2D eigenvalue weighted by atomic mass is 16.5. The van der Waals surface area contributed by atoms with Crippen LogP contribution < -0.4 is 21.3 Å². The van der Waals surface area contributed by atoms with Crippen molar-refractivity contribution in [2.45, 2.75) is 51.7 Å². The van der Waals surface area contributed by atoms with Gasteiger partial charge in [-0.15, -0.1) is 0 Å². The van der Waals surface area contributed by atoms with Crippen LogP contribution in [0, 0.1) is 0 Å². The molecule has 4 N–H and O–H groups in total. The van der Waals surface area contributed by atoms with Crippen LogP contribution in [-0.2, 0) is 0 Å². The molecular formula is C15H24N4O. The van der Waals surface area contributed by atoms with E-state index in [-0.39, 0.29) is 6.10 Å². The van der Waals surface area contributed by atoms with E-state index in [1.54, 1.807) is 0 Å². The van der Waals surface area contributed by atoms with Crippen LogP contribution in [0.3, 0.4) is 0 Å². The molecule has 1 saturated carbocycles. The molecule has 1 aromatic rings. The molecule has 0 aliphatic heterocycles. The van der Waals surface area contributed by atoms with Gasteiger partial charge in [-0.25, -0.2) is 10.8 Å². The van der Waals surface area contributed by atoms with Crippen molar-refractivity contribution in [1.29, 1.82) is 0 Å². The molecule has 0 atom stereocenters. The van der Waals surface area contributed by atoms with Crippen molar-refractivity contribution >= 4 is 11.6 Å². The van der Waals surface area contributed by atoms with Crippen LogP contribution in [0.4, 0.5) is 5.69 Å². The van der Waals surface area contributed by atoms with Gasteiger partial charge >= 0.3 is 0 Å². The summed E-state index contributed by atoms with van der Waals surface area (Å²) in [5.41, 5.74) is 3.57. The zero-order chi connectivity index (χ0) is 14.4. The van der Waals surface area contributed by atoms with Crippen molar-refractivity contribution in [2.75, 3.05) is 5.32 Å². The number of benzene rings is 1. The summed E-state index contributed by atoms with van der Waals surface area (Å²) >= 11 is 0. The molecular weight excluding hydrogens is 252 g/mol. The minimum atomic E-state index is 0.180. The Morgan fingerprint density at radius 3 is 2.45 bits per heavy atom. The first-order valence-electron chi connectivity index (χ1n) is 7.25. The average Bonchev–Trinajstić information content (AvgIpc) is 2.92. The first-order chi connectivity index (χ1) is 9.67. The van der Waals surface area contributed by atoms with E-state index in [1.165, 1.54) is 12.8 Å². The van der Waals surface area contributed by atoms with Gasteiger partial charge in [0.1, 0.15) is 5.75 Å². The molecule has 5 heteroatoms. The molecule has 1 aliphatic rings. The van der Waals surface area contributed by atoms with Gasteiger partial charge in [-0.3, -0.25) is 5.43 Å². The summed E-state index contributed by atoms with van der Waals surface area (Å²) in [5, 5.41) is 3.19. The second kappa shape index (κ2) is 7.14. The molecule has 0 unspecified atom stereocenters. The molecule has 0 heterocycles. The van der Waals surface area contributed by atoms with E-state index in [2.05, 4.69) is 15.7 Å². The number of anilines is 1. The minimum Gasteiger partial charge on any atom is -0.491 e. The van der Waals surface area contributed by atoms with Gasteiger partial charge in [0, 0.05) is 5.69 Å². The number of hydrogen-bond acceptors (Lipinski definition) is 3. The number of hydrazine groups is 1. The Balaban J connectivity index is 1.96. The van der Waals surface area contributed by atoms with Crippen molar-refractivity contribution < 1.29 is 4.74 Å². The van der Waals surface area contributed by atoms with Crippen LogP contribution in [0.1, 0.15) is 39.5 Å². The molecule has 5 nitrogen and oxygen atoms in total. The number of nitrogens with two attached hydrogens (primary N) is 1. The van der Waals surface area contributed by atoms with Crippen LogP contribution in [0.5, 0.6) is 5.75 Å². The second-order valence-corrected chi connectivity index (χ2v) is 5.38. The smallest absolute Gasteiger partial charge is 0.210 e. The summed E-state index contributed by atoms with van der Waals surface area (Å²) in [5.74, 6) is 7.01. The standard InChI is InChI=1S/C15H24N4O/c1-11(2)20-14-9-7-13(8-10-14)18-15(19-16)17-12-5-3-4-6-12/h7-12H,3-6,16H2,1-2H3,(H2,17,18,19). The minimum absolute atomic E-state index is 0.180. The van der Waals surface area contributed by atoms with Gasteiger partial charge in [0.2, 0.25) is 5.96 Å². The third-order valence-corrected chi connectivity index (χ3v) is 3.26. The van der Waals surface area contributed by atoms with Crippen molar-refractivity contribution in [3.8, 4) is 5.75 Å². The van der Waals surface area contributed by atoms with Gasteiger partial charge < -0.3 is 10.1 Å². The Hall–Kier alpha value is -1.75. The predicted molar refractivity (Wildman–Crippen MR) is 82.8 cm³/mol. The number of nitrogens with one attached hydrogen (secondary N) is 2. The largest absolute Gasteiger partial charge is 0.491 e. The van der Waals surface area contributed by atoms with Gasteiger partial charge in [0.15, 0.2) is 0 Å². The first kappa shape index (κ1) is 14.7. The molecule has 0 spiro atoms. The van der Waals surface area contributed by atoms with Gasteiger partial charge in [-0.05, 0) is 51.0 Å². The maximum Gasteiger partial charge on any atom is 0.210 e. The molecule has 2 rings (SSSR count). The predicted octanol–water partition coefficient (Wildman–Crippen LogP) is 2.65. The molecule has 20 heavy (non-hydrogen) atoms. The molecule has 1 aromatic carbocycles. The van der Waals surface area contributed by atoms with Crippen molar-refractivity contribution in [2.24, 2.45) is 10.8 Å². The molecule has 0 aromatic heterocycles. The maximum absolute atomic E-state index is 5.61. The lowest BCUT2D eigenvalue weighted by molar-refractivity contribution is 0.242. The Kier molecular flexibility index (Phi) is 5.24. The third kappa shape index (κ3) is 4.42. The van der Waals surface area contributed by atoms with E-state index < -0.39 is 0 Å². The van der Waals surface area contributed by atoms with Crippen LogP contribution in [0.15, 0.2) is 29.3 Å². The second-order valence-electron chi connectivity index (χ2n) is 5.38. The van der Waals surface area contributed by atoms with E-state index in [4.69, 9.17) is 10.6 Å². The monoisotopic (exact) mass is 276 g/mol. The first-order valence-corrected chi connectivity index (χ1v) is 7.25. The lowest BCUT2D eigenvalue weighted by Gasteiger charge is -2.13. The molecule has 0 amide bonds. The highest BCUT2D eigenvalue weighted by Crippen LogP contribution is 2.21. The summed E-state index contributed by atoms with van der Waals surface area (Å²) in [4.78, 5) is 4.60. The van der Waals surface area contributed by atoms with E-state index >= 15 is 0 Å². The molecule has 0 saturated heterocycles. The van der Waals surface area contributed by atoms with Crippen LogP contribution in [0.25, 0.3) is 0 Å². The van der Waals surface area contributed by atoms with Gasteiger partial charge in [-0.1, -0.05) is 12.8 Å². The number of ether oxygens (including phenoxy) is 1. The number of hydrogen-bond donors (Lipinski definition) is 3. The topological polar surface area (TPSA) is 71.7 Å². The molecule has 1 aliphatic carbocycles. The lowest BCUT2D eigenvalue weighted by Crippen LogP contribution is -2.37. The Bertz CT molecular complexity index is 436. The number of nitrogens with zero attached hydrogens (tertiary/aromatic N) is 1. The lowest BCUT2D eigenvalue weighted by atomic mass is 10.3. The summed E-state index contributed by atoms with van der Waals surface area (Å²) in [6, 6.07) is 8.17. The van der Waals surface area contributed by atoms with E-state index in [0.717, 1.165) is 24.3 Å². The quantitative estimate of drug-likeness (QED) is 0.342. The van der Waals surface area contributed by atoms with Gasteiger partial charge in [0.05, 0.1) is 12.1 Å². The normalized spacial score (nSPS) is 16.5. The maximum atomic E-state index is 5.61. The summed E-state index contributed by atoms with van der Waals surface area (Å²) < 4.78 is 5.61. The highest BCUT2D eigenvalue weighted by molar-refractivity contribution is 5.93. The SMILES string of the molecule is CC(C)Oc1ccc(NC(=NC2CCCC2)NN)cc1. The Morgan fingerprint density at radius 1 is 1.25 bits per heavy atom. The zero-order valence-corrected chi connectivity index (χ0v) is 12.2. The van der Waals surface area contributed by atoms with Crippen molar-refractivity contribution in [1.82, 2.24) is 5.43 Å². The van der Waals surface area contributed by atoms with Crippen LogP contribution in [0.2, 0.25) is 0 Å². The highest BCUT2D eigenvalue weighted by Gasteiger charge is 2.14. The third-order valence-electron chi connectivity index (χ3n) is 3.26. The number of rotatable bonds is 4. The van der Waals surface area contributed by atoms with Gasteiger partial charge in [-0.2, -0.15) is 0 Å². The van der Waals surface area contributed by atoms with Crippen LogP contribution >= 0.6 is 0 Å². The Morgan fingerprint density at radius 2 is 1.90 bits per heavy atom. The zero-order valence-electron chi connectivity index (χ0n) is 12.2. The van der Waals surface area contributed by atoms with Crippen LogP contribution in [-0.4, -0.2) is 18.1 Å². The summed E-state index contributed by atoms with van der Waals surface area (Å²) in [7, 11) is 0. The van der Waals surface area contributed by atoms with E-state index in [0.29, 0.717) is 12.0 Å². The number of guanidine groups is 1. The van der Waals surface area contributed by atoms with E-state index in [1.807, 2.05) is 38.1 Å². The van der Waals surface area contributed by atoms with E-state index in [9.17, 15) is 0 Å². The fourth-order valence-corrected chi connectivity index (χ4v) is 2.35. The Labute approximate surface area is 120 Å². The fourth-order valence-electron chi connectivity index (χ4n) is 2.35.